The summed E-state index contributed by atoms with van der Waals surface area (Å²) in [7, 11) is 0. The number of hydrogen-bond donors (Lipinski definition) is 1. The molecule has 0 bridgehead atoms. The molecule has 1 aliphatic heterocycles. The molecule has 1 saturated carbocycles. The number of aliphatic hydroxyl groups is 1. The van der Waals surface area contributed by atoms with E-state index in [1.54, 1.807) is 0 Å². The smallest absolute Gasteiger partial charge is 0.171 e. The van der Waals surface area contributed by atoms with E-state index in [0.717, 1.165) is 18.4 Å². The molecule has 2 fully saturated rings. The minimum absolute atomic E-state index is 0.0745. The van der Waals surface area contributed by atoms with Crippen LogP contribution in [0.15, 0.2) is 12.2 Å². The Morgan fingerprint density at radius 1 is 1.50 bits per heavy atom. The van der Waals surface area contributed by atoms with E-state index < -0.39 is 0 Å². The summed E-state index contributed by atoms with van der Waals surface area (Å²) in [6.45, 7) is 7.50. The van der Waals surface area contributed by atoms with Gasteiger partial charge >= 0.3 is 0 Å². The molecular formula is C11H18O3. The second kappa shape index (κ2) is 3.65. The van der Waals surface area contributed by atoms with Crippen LogP contribution in [0.25, 0.3) is 0 Å². The van der Waals surface area contributed by atoms with Crippen LogP contribution < -0.4 is 0 Å². The maximum Gasteiger partial charge on any atom is 0.171 e. The van der Waals surface area contributed by atoms with Gasteiger partial charge in [0, 0.05) is 12.3 Å². The Balaban J connectivity index is 2.09. The average Bonchev–Trinajstić information content (AvgIpc) is 2.78. The largest absolute Gasteiger partial charge is 0.392 e. The highest BCUT2D eigenvalue weighted by atomic mass is 16.7. The topological polar surface area (TPSA) is 38.7 Å². The Labute approximate surface area is 84.7 Å². The van der Waals surface area contributed by atoms with Crippen molar-refractivity contribution in [2.75, 3.05) is 19.8 Å². The third kappa shape index (κ3) is 1.40. The van der Waals surface area contributed by atoms with Crippen molar-refractivity contribution in [3.63, 3.8) is 0 Å². The van der Waals surface area contributed by atoms with Crippen LogP contribution >= 0.6 is 0 Å². The van der Waals surface area contributed by atoms with Gasteiger partial charge < -0.3 is 14.6 Å². The average molecular weight is 198 g/mol. The highest BCUT2D eigenvalue weighted by Gasteiger charge is 2.50. The SMILES string of the molecule is C=C(CO)C1CCC2(OCCO2)C1C. The monoisotopic (exact) mass is 198 g/mol. The van der Waals surface area contributed by atoms with Gasteiger partial charge in [-0.3, -0.25) is 0 Å². The third-order valence-electron chi connectivity index (χ3n) is 3.60. The van der Waals surface area contributed by atoms with Crippen molar-refractivity contribution in [3.8, 4) is 0 Å². The van der Waals surface area contributed by atoms with Gasteiger partial charge in [0.2, 0.25) is 0 Å². The Bertz CT molecular complexity index is 231. The second-order valence-corrected chi connectivity index (χ2v) is 4.26. The molecule has 14 heavy (non-hydrogen) atoms. The van der Waals surface area contributed by atoms with Crippen molar-refractivity contribution in [2.45, 2.75) is 25.6 Å². The quantitative estimate of drug-likeness (QED) is 0.680. The molecule has 3 nitrogen and oxygen atoms in total. The molecule has 0 radical (unpaired) electrons. The first-order valence-electron chi connectivity index (χ1n) is 5.26. The summed E-state index contributed by atoms with van der Waals surface area (Å²) in [5.41, 5.74) is 0.911. The molecule has 1 aliphatic carbocycles. The summed E-state index contributed by atoms with van der Waals surface area (Å²) in [6, 6.07) is 0. The molecule has 0 aromatic rings. The molecule has 2 aliphatic rings. The lowest BCUT2D eigenvalue weighted by molar-refractivity contribution is -0.180. The predicted octanol–water partition coefficient (Wildman–Crippen LogP) is 1.32. The molecule has 3 heteroatoms. The fourth-order valence-corrected chi connectivity index (χ4v) is 2.69. The lowest BCUT2D eigenvalue weighted by Gasteiger charge is -2.29. The molecule has 1 saturated heterocycles. The molecule has 2 atom stereocenters. The van der Waals surface area contributed by atoms with Crippen LogP contribution in [0.5, 0.6) is 0 Å². The number of rotatable bonds is 2. The van der Waals surface area contributed by atoms with Crippen molar-refractivity contribution in [1.82, 2.24) is 0 Å². The molecular weight excluding hydrogens is 180 g/mol. The van der Waals surface area contributed by atoms with E-state index in [9.17, 15) is 0 Å². The van der Waals surface area contributed by atoms with Crippen molar-refractivity contribution >= 4 is 0 Å². The molecule has 2 unspecified atom stereocenters. The Kier molecular flexibility index (Phi) is 2.64. The highest BCUT2D eigenvalue weighted by molar-refractivity contribution is 5.09. The van der Waals surface area contributed by atoms with E-state index in [1.807, 2.05) is 0 Å². The lowest BCUT2D eigenvalue weighted by Crippen LogP contribution is -2.35. The van der Waals surface area contributed by atoms with Gasteiger partial charge in [0.25, 0.3) is 0 Å². The number of aliphatic hydroxyl groups excluding tert-OH is 1. The molecule has 2 rings (SSSR count). The first-order chi connectivity index (χ1) is 6.69. The van der Waals surface area contributed by atoms with E-state index >= 15 is 0 Å². The first kappa shape index (κ1) is 10.1. The Morgan fingerprint density at radius 3 is 2.71 bits per heavy atom. The van der Waals surface area contributed by atoms with Crippen LogP contribution in [0.3, 0.4) is 0 Å². The molecule has 80 valence electrons. The summed E-state index contributed by atoms with van der Waals surface area (Å²) in [6.07, 6.45) is 1.94. The van der Waals surface area contributed by atoms with Crippen LogP contribution in [0.1, 0.15) is 19.8 Å². The summed E-state index contributed by atoms with van der Waals surface area (Å²) >= 11 is 0. The van der Waals surface area contributed by atoms with E-state index in [2.05, 4.69) is 13.5 Å². The van der Waals surface area contributed by atoms with Gasteiger partial charge in [-0.1, -0.05) is 13.5 Å². The summed E-state index contributed by atoms with van der Waals surface area (Å²) in [5.74, 6) is 0.283. The van der Waals surface area contributed by atoms with Crippen LogP contribution in [0, 0.1) is 11.8 Å². The van der Waals surface area contributed by atoms with Gasteiger partial charge in [-0.2, -0.15) is 0 Å². The zero-order chi connectivity index (χ0) is 10.2. The fraction of sp³-hybridized carbons (Fsp3) is 0.818. The van der Waals surface area contributed by atoms with E-state index in [1.165, 1.54) is 0 Å². The standard InChI is InChI=1S/C11H18O3/c1-8(7-12)10-3-4-11(9(10)2)13-5-6-14-11/h9-10,12H,1,3-7H2,2H3. The lowest BCUT2D eigenvalue weighted by atomic mass is 9.89. The minimum Gasteiger partial charge on any atom is -0.392 e. The molecule has 0 aromatic heterocycles. The highest BCUT2D eigenvalue weighted by Crippen LogP contribution is 2.47. The third-order valence-corrected chi connectivity index (χ3v) is 3.60. The van der Waals surface area contributed by atoms with E-state index in [-0.39, 0.29) is 12.4 Å². The van der Waals surface area contributed by atoms with Gasteiger partial charge in [0.05, 0.1) is 19.8 Å². The maximum absolute atomic E-state index is 9.06. The summed E-state index contributed by atoms with van der Waals surface area (Å²) in [5, 5.41) is 9.06. The van der Waals surface area contributed by atoms with Gasteiger partial charge in [-0.15, -0.1) is 0 Å². The molecule has 0 aromatic carbocycles. The van der Waals surface area contributed by atoms with Crippen molar-refractivity contribution < 1.29 is 14.6 Å². The van der Waals surface area contributed by atoms with Gasteiger partial charge in [-0.05, 0) is 17.9 Å². The minimum atomic E-state index is -0.372. The van der Waals surface area contributed by atoms with Gasteiger partial charge in [-0.25, -0.2) is 0 Å². The van der Waals surface area contributed by atoms with Crippen LogP contribution in [-0.4, -0.2) is 30.7 Å². The molecule has 1 spiro atoms. The zero-order valence-corrected chi connectivity index (χ0v) is 8.66. The maximum atomic E-state index is 9.06. The van der Waals surface area contributed by atoms with E-state index in [4.69, 9.17) is 14.6 Å². The van der Waals surface area contributed by atoms with Gasteiger partial charge in [0.1, 0.15) is 0 Å². The normalized spacial score (nSPS) is 35.3. The van der Waals surface area contributed by atoms with Crippen molar-refractivity contribution in [3.05, 3.63) is 12.2 Å². The van der Waals surface area contributed by atoms with Crippen molar-refractivity contribution in [2.24, 2.45) is 11.8 Å². The predicted molar refractivity (Wildman–Crippen MR) is 52.7 cm³/mol. The van der Waals surface area contributed by atoms with Crippen LogP contribution in [0.2, 0.25) is 0 Å². The Hall–Kier alpha value is -0.380. The molecule has 0 amide bonds. The number of hydrogen-bond acceptors (Lipinski definition) is 3. The first-order valence-corrected chi connectivity index (χ1v) is 5.26. The van der Waals surface area contributed by atoms with Crippen molar-refractivity contribution in [1.29, 1.82) is 0 Å². The molecule has 1 N–H and O–H groups in total. The zero-order valence-electron chi connectivity index (χ0n) is 8.66. The second-order valence-electron chi connectivity index (χ2n) is 4.26. The van der Waals surface area contributed by atoms with E-state index in [0.29, 0.717) is 25.0 Å². The molecule has 1 heterocycles. The summed E-state index contributed by atoms with van der Waals surface area (Å²) in [4.78, 5) is 0. The summed E-state index contributed by atoms with van der Waals surface area (Å²) < 4.78 is 11.4. The van der Waals surface area contributed by atoms with Gasteiger partial charge in [0.15, 0.2) is 5.79 Å². The Morgan fingerprint density at radius 2 is 2.14 bits per heavy atom. The number of ether oxygens (including phenoxy) is 2. The van der Waals surface area contributed by atoms with Crippen LogP contribution in [0.4, 0.5) is 0 Å². The van der Waals surface area contributed by atoms with Crippen LogP contribution in [-0.2, 0) is 9.47 Å². The fourth-order valence-electron chi connectivity index (χ4n) is 2.69.